The average Bonchev–Trinajstić information content (AvgIpc) is 2.39. The quantitative estimate of drug-likeness (QED) is 0.715. The zero-order valence-electron chi connectivity index (χ0n) is 11.3. The van der Waals surface area contributed by atoms with Crippen molar-refractivity contribution >= 4 is 0 Å². The average molecular weight is 246 g/mol. The molecule has 0 aliphatic carbocycles. The van der Waals surface area contributed by atoms with E-state index in [0.29, 0.717) is 19.1 Å². The summed E-state index contributed by atoms with van der Waals surface area (Å²) in [6.45, 7) is 5.92. The minimum Gasteiger partial charge on any atom is -0.494 e. The van der Waals surface area contributed by atoms with Gasteiger partial charge in [-0.15, -0.1) is 0 Å². The number of unbranched alkanes of at least 4 members (excludes halogenated alkanes) is 2. The molecular formula is C15H22N2O. The zero-order chi connectivity index (χ0) is 13.2. The van der Waals surface area contributed by atoms with Gasteiger partial charge in [-0.25, -0.2) is 0 Å². The molecule has 3 heteroatoms. The van der Waals surface area contributed by atoms with Crippen molar-refractivity contribution in [2.75, 3.05) is 13.2 Å². The third-order valence-electron chi connectivity index (χ3n) is 2.84. The fourth-order valence-electron chi connectivity index (χ4n) is 1.77. The highest BCUT2D eigenvalue weighted by atomic mass is 16.5. The van der Waals surface area contributed by atoms with Crippen LogP contribution < -0.4 is 10.1 Å². The summed E-state index contributed by atoms with van der Waals surface area (Å²) in [5.41, 5.74) is 1.27. The second-order valence-corrected chi connectivity index (χ2v) is 4.31. The minimum absolute atomic E-state index is 0.375. The first-order valence-electron chi connectivity index (χ1n) is 6.61. The predicted molar refractivity (Wildman–Crippen MR) is 73.5 cm³/mol. The molecule has 1 aromatic carbocycles. The molecule has 0 amide bonds. The van der Waals surface area contributed by atoms with Crippen LogP contribution >= 0.6 is 0 Å². The summed E-state index contributed by atoms with van der Waals surface area (Å²) >= 11 is 0. The highest BCUT2D eigenvalue weighted by molar-refractivity contribution is 5.28. The minimum atomic E-state index is 0.375. The van der Waals surface area contributed by atoms with Gasteiger partial charge in [-0.3, -0.25) is 0 Å². The molecule has 0 spiro atoms. The summed E-state index contributed by atoms with van der Waals surface area (Å²) < 4.78 is 5.62. The van der Waals surface area contributed by atoms with Gasteiger partial charge in [-0.05, 0) is 44.0 Å². The van der Waals surface area contributed by atoms with Crippen LogP contribution in [0.25, 0.3) is 0 Å². The highest BCUT2D eigenvalue weighted by Crippen LogP contribution is 2.17. The molecular weight excluding hydrogens is 224 g/mol. The molecule has 0 saturated carbocycles. The molecule has 0 radical (unpaired) electrons. The van der Waals surface area contributed by atoms with Crippen LogP contribution in [0.5, 0.6) is 5.75 Å². The zero-order valence-corrected chi connectivity index (χ0v) is 11.3. The Morgan fingerprint density at radius 1 is 1.28 bits per heavy atom. The van der Waals surface area contributed by atoms with Crippen LogP contribution in [-0.2, 0) is 0 Å². The first-order valence-corrected chi connectivity index (χ1v) is 6.61. The Labute approximate surface area is 110 Å². The largest absolute Gasteiger partial charge is 0.494 e. The van der Waals surface area contributed by atoms with Gasteiger partial charge in [0.1, 0.15) is 5.75 Å². The van der Waals surface area contributed by atoms with E-state index in [1.807, 2.05) is 12.1 Å². The van der Waals surface area contributed by atoms with Gasteiger partial charge < -0.3 is 10.1 Å². The van der Waals surface area contributed by atoms with E-state index >= 15 is 0 Å². The van der Waals surface area contributed by atoms with Crippen LogP contribution in [0, 0.1) is 11.3 Å². The predicted octanol–water partition coefficient (Wildman–Crippen LogP) is 3.43. The number of hydrogen-bond acceptors (Lipinski definition) is 3. The molecule has 98 valence electrons. The molecule has 1 aromatic rings. The number of nitriles is 1. The molecule has 1 rings (SSSR count). The Hall–Kier alpha value is -1.53. The summed E-state index contributed by atoms with van der Waals surface area (Å²) in [4.78, 5) is 0. The maximum absolute atomic E-state index is 8.41. The lowest BCUT2D eigenvalue weighted by Gasteiger charge is -2.13. The van der Waals surface area contributed by atoms with Crippen LogP contribution in [0.1, 0.15) is 44.7 Å². The van der Waals surface area contributed by atoms with E-state index in [1.54, 1.807) is 0 Å². The maximum atomic E-state index is 8.41. The van der Waals surface area contributed by atoms with Gasteiger partial charge in [-0.1, -0.05) is 19.1 Å². The summed E-state index contributed by atoms with van der Waals surface area (Å²) in [5.74, 6) is 0.902. The fraction of sp³-hybridized carbons (Fsp3) is 0.533. The number of benzene rings is 1. The van der Waals surface area contributed by atoms with E-state index in [4.69, 9.17) is 10.00 Å². The molecule has 18 heavy (non-hydrogen) atoms. The molecule has 0 fully saturated rings. The molecule has 0 heterocycles. The Kier molecular flexibility index (Phi) is 6.90. The van der Waals surface area contributed by atoms with Crippen LogP contribution in [0.15, 0.2) is 24.3 Å². The smallest absolute Gasteiger partial charge is 0.119 e. The van der Waals surface area contributed by atoms with Gasteiger partial charge in [-0.2, -0.15) is 5.26 Å². The van der Waals surface area contributed by atoms with Gasteiger partial charge in [0.25, 0.3) is 0 Å². The Bertz CT molecular complexity index is 367. The highest BCUT2D eigenvalue weighted by Gasteiger charge is 2.03. The molecule has 0 aliphatic heterocycles. The summed E-state index contributed by atoms with van der Waals surface area (Å²) in [7, 11) is 0. The Morgan fingerprint density at radius 2 is 2.00 bits per heavy atom. The van der Waals surface area contributed by atoms with Crippen molar-refractivity contribution in [2.24, 2.45) is 0 Å². The number of nitrogens with zero attached hydrogens (tertiary/aromatic N) is 1. The molecule has 0 aliphatic rings. The lowest BCUT2D eigenvalue weighted by Crippen LogP contribution is -2.17. The normalized spacial score (nSPS) is 11.8. The summed E-state index contributed by atoms with van der Waals surface area (Å²) in [5, 5.41) is 11.8. The van der Waals surface area contributed by atoms with Crippen molar-refractivity contribution in [1.29, 1.82) is 5.26 Å². The molecule has 0 aromatic heterocycles. The van der Waals surface area contributed by atoms with Gasteiger partial charge >= 0.3 is 0 Å². The SMILES string of the molecule is CCNC(C)c1ccc(OCCCCC#N)cc1. The van der Waals surface area contributed by atoms with Gasteiger partial charge in [0.15, 0.2) is 0 Å². The monoisotopic (exact) mass is 246 g/mol. The molecule has 0 saturated heterocycles. The van der Waals surface area contributed by atoms with Crippen molar-refractivity contribution in [3.63, 3.8) is 0 Å². The van der Waals surface area contributed by atoms with Gasteiger partial charge in [0.05, 0.1) is 12.7 Å². The van der Waals surface area contributed by atoms with Crippen LogP contribution in [0.2, 0.25) is 0 Å². The summed E-state index contributed by atoms with van der Waals surface area (Å²) in [6, 6.07) is 10.7. The standard InChI is InChI=1S/C15H22N2O/c1-3-17-13(2)14-7-9-15(10-8-14)18-12-6-4-5-11-16/h7-10,13,17H,3-6,12H2,1-2H3. The Morgan fingerprint density at radius 3 is 2.61 bits per heavy atom. The van der Waals surface area contributed by atoms with Gasteiger partial charge in [0, 0.05) is 12.5 Å². The molecule has 1 unspecified atom stereocenters. The third kappa shape index (κ3) is 5.20. The lowest BCUT2D eigenvalue weighted by atomic mass is 10.1. The number of rotatable bonds is 8. The topological polar surface area (TPSA) is 45.0 Å². The second-order valence-electron chi connectivity index (χ2n) is 4.31. The van der Waals surface area contributed by atoms with Crippen molar-refractivity contribution in [3.8, 4) is 11.8 Å². The Balaban J connectivity index is 2.34. The van der Waals surface area contributed by atoms with Crippen LogP contribution in [0.4, 0.5) is 0 Å². The first-order chi connectivity index (χ1) is 8.77. The van der Waals surface area contributed by atoms with Crippen LogP contribution in [0.3, 0.4) is 0 Å². The number of nitrogens with one attached hydrogen (secondary N) is 1. The van der Waals surface area contributed by atoms with Crippen molar-refractivity contribution < 1.29 is 4.74 Å². The molecule has 1 atom stereocenters. The molecule has 3 nitrogen and oxygen atoms in total. The molecule has 0 bridgehead atoms. The van der Waals surface area contributed by atoms with Gasteiger partial charge in [0.2, 0.25) is 0 Å². The van der Waals surface area contributed by atoms with E-state index < -0.39 is 0 Å². The van der Waals surface area contributed by atoms with Crippen molar-refractivity contribution in [3.05, 3.63) is 29.8 Å². The fourth-order valence-corrected chi connectivity index (χ4v) is 1.77. The van der Waals surface area contributed by atoms with E-state index in [1.165, 1.54) is 5.56 Å². The summed E-state index contributed by atoms with van der Waals surface area (Å²) in [6.07, 6.45) is 2.46. The van der Waals surface area contributed by atoms with E-state index in [0.717, 1.165) is 25.1 Å². The third-order valence-corrected chi connectivity index (χ3v) is 2.84. The van der Waals surface area contributed by atoms with E-state index in [9.17, 15) is 0 Å². The van der Waals surface area contributed by atoms with Crippen molar-refractivity contribution in [1.82, 2.24) is 5.32 Å². The number of hydrogen-bond donors (Lipinski definition) is 1. The van der Waals surface area contributed by atoms with Crippen LogP contribution in [-0.4, -0.2) is 13.2 Å². The molecule has 1 N–H and O–H groups in total. The van der Waals surface area contributed by atoms with Crippen molar-refractivity contribution in [2.45, 2.75) is 39.2 Å². The number of ether oxygens (including phenoxy) is 1. The van der Waals surface area contributed by atoms with E-state index in [-0.39, 0.29) is 0 Å². The van der Waals surface area contributed by atoms with E-state index in [2.05, 4.69) is 37.4 Å². The first kappa shape index (κ1) is 14.5. The maximum Gasteiger partial charge on any atom is 0.119 e. The second kappa shape index (κ2) is 8.54. The lowest BCUT2D eigenvalue weighted by molar-refractivity contribution is 0.307.